The van der Waals surface area contributed by atoms with Crippen LogP contribution in [0.1, 0.15) is 30.9 Å². The van der Waals surface area contributed by atoms with Crippen LogP contribution in [0.25, 0.3) is 0 Å². The molecule has 2 unspecified atom stereocenters. The lowest BCUT2D eigenvalue weighted by Gasteiger charge is -2.15. The molecule has 2 atom stereocenters. The number of hydrogen-bond acceptors (Lipinski definition) is 2. The van der Waals surface area contributed by atoms with Gasteiger partial charge in [-0.05, 0) is 41.9 Å². The molecule has 1 aromatic rings. The SMILES string of the molecule is Bc1cc2c(cc1OC)CC(C)NCC2C. The molecule has 0 amide bonds. The Balaban J connectivity index is 2.47. The number of hydrogen-bond donors (Lipinski definition) is 1. The molecule has 1 N–H and O–H groups in total. The molecule has 2 rings (SSSR count). The Bertz CT molecular complexity index is 392. The Morgan fingerprint density at radius 2 is 2.12 bits per heavy atom. The predicted molar refractivity (Wildman–Crippen MR) is 70.8 cm³/mol. The lowest BCUT2D eigenvalue weighted by atomic mass is 9.86. The minimum atomic E-state index is 0.552. The van der Waals surface area contributed by atoms with Gasteiger partial charge in [-0.1, -0.05) is 13.0 Å². The molecule has 0 spiro atoms. The van der Waals surface area contributed by atoms with E-state index in [1.807, 2.05) is 0 Å². The molecule has 86 valence electrons. The zero-order valence-corrected chi connectivity index (χ0v) is 10.6. The van der Waals surface area contributed by atoms with E-state index in [4.69, 9.17) is 4.74 Å². The number of benzene rings is 1. The van der Waals surface area contributed by atoms with Crippen LogP contribution >= 0.6 is 0 Å². The van der Waals surface area contributed by atoms with Gasteiger partial charge >= 0.3 is 0 Å². The average Bonchev–Trinajstić information content (AvgIpc) is 2.39. The van der Waals surface area contributed by atoms with Crippen LogP contribution in [0.4, 0.5) is 0 Å². The standard InChI is InChI=1S/C13H20BNO/c1-8-7-15-9(2)4-10-5-13(16-3)12(14)6-11(8)10/h5-6,8-9,15H,4,7,14H2,1-3H3. The monoisotopic (exact) mass is 217 g/mol. The molecule has 1 heterocycles. The smallest absolute Gasteiger partial charge is 0.144 e. The Morgan fingerprint density at radius 1 is 1.38 bits per heavy atom. The van der Waals surface area contributed by atoms with Gasteiger partial charge in [0.15, 0.2) is 0 Å². The van der Waals surface area contributed by atoms with Gasteiger partial charge in [0.1, 0.15) is 13.6 Å². The minimum absolute atomic E-state index is 0.552. The summed E-state index contributed by atoms with van der Waals surface area (Å²) >= 11 is 0. The first kappa shape index (κ1) is 11.5. The van der Waals surface area contributed by atoms with E-state index in [-0.39, 0.29) is 0 Å². The van der Waals surface area contributed by atoms with E-state index in [0.29, 0.717) is 12.0 Å². The van der Waals surface area contributed by atoms with Crippen LogP contribution in [-0.2, 0) is 6.42 Å². The van der Waals surface area contributed by atoms with Crippen LogP contribution in [0.15, 0.2) is 12.1 Å². The first-order valence-corrected chi connectivity index (χ1v) is 6.02. The van der Waals surface area contributed by atoms with Gasteiger partial charge in [0, 0.05) is 12.6 Å². The van der Waals surface area contributed by atoms with E-state index in [0.717, 1.165) is 18.7 Å². The van der Waals surface area contributed by atoms with Crippen molar-refractivity contribution in [3.05, 3.63) is 23.3 Å². The molecule has 0 saturated carbocycles. The van der Waals surface area contributed by atoms with Gasteiger partial charge in [-0.3, -0.25) is 0 Å². The molecule has 0 aliphatic carbocycles. The molecule has 1 aliphatic heterocycles. The highest BCUT2D eigenvalue weighted by Crippen LogP contribution is 2.26. The topological polar surface area (TPSA) is 21.3 Å². The van der Waals surface area contributed by atoms with Crippen molar-refractivity contribution in [2.24, 2.45) is 0 Å². The van der Waals surface area contributed by atoms with Crippen molar-refractivity contribution >= 4 is 13.3 Å². The third-order valence-electron chi connectivity index (χ3n) is 3.49. The molecular weight excluding hydrogens is 197 g/mol. The van der Waals surface area contributed by atoms with Gasteiger partial charge in [-0.2, -0.15) is 0 Å². The molecular formula is C13H20BNO. The zero-order chi connectivity index (χ0) is 11.7. The van der Waals surface area contributed by atoms with E-state index in [1.54, 1.807) is 7.11 Å². The zero-order valence-electron chi connectivity index (χ0n) is 10.6. The lowest BCUT2D eigenvalue weighted by Crippen LogP contribution is -2.28. The fourth-order valence-corrected chi connectivity index (χ4v) is 2.50. The largest absolute Gasteiger partial charge is 0.497 e. The third-order valence-corrected chi connectivity index (χ3v) is 3.49. The second-order valence-corrected chi connectivity index (χ2v) is 4.94. The van der Waals surface area contributed by atoms with E-state index in [2.05, 4.69) is 39.1 Å². The fourth-order valence-electron chi connectivity index (χ4n) is 2.50. The first-order chi connectivity index (χ1) is 7.61. The normalized spacial score (nSPS) is 24.7. The van der Waals surface area contributed by atoms with Crippen molar-refractivity contribution in [3.63, 3.8) is 0 Å². The third kappa shape index (κ3) is 2.10. The summed E-state index contributed by atoms with van der Waals surface area (Å²) in [6.07, 6.45) is 1.09. The summed E-state index contributed by atoms with van der Waals surface area (Å²) in [4.78, 5) is 0. The average molecular weight is 217 g/mol. The maximum atomic E-state index is 5.40. The highest BCUT2D eigenvalue weighted by molar-refractivity contribution is 6.34. The predicted octanol–water partition coefficient (Wildman–Crippen LogP) is 0.591. The molecule has 1 aliphatic rings. The highest BCUT2D eigenvalue weighted by atomic mass is 16.5. The van der Waals surface area contributed by atoms with Crippen LogP contribution in [0.2, 0.25) is 0 Å². The lowest BCUT2D eigenvalue weighted by molar-refractivity contribution is 0.417. The molecule has 1 aromatic carbocycles. The van der Waals surface area contributed by atoms with E-state index in [9.17, 15) is 0 Å². The van der Waals surface area contributed by atoms with E-state index >= 15 is 0 Å². The molecule has 3 heteroatoms. The summed E-state index contributed by atoms with van der Waals surface area (Å²) < 4.78 is 5.40. The molecule has 0 aromatic heterocycles. The Labute approximate surface area is 98.8 Å². The van der Waals surface area contributed by atoms with Crippen LogP contribution in [0, 0.1) is 0 Å². The number of fused-ring (bicyclic) bond motifs is 1. The molecule has 2 nitrogen and oxygen atoms in total. The highest BCUT2D eigenvalue weighted by Gasteiger charge is 2.19. The Morgan fingerprint density at radius 3 is 2.81 bits per heavy atom. The quantitative estimate of drug-likeness (QED) is 0.695. The van der Waals surface area contributed by atoms with Crippen LogP contribution in [-0.4, -0.2) is 27.5 Å². The van der Waals surface area contributed by atoms with Crippen molar-refractivity contribution in [1.29, 1.82) is 0 Å². The Kier molecular flexibility index (Phi) is 3.24. The second kappa shape index (κ2) is 4.50. The number of rotatable bonds is 1. The van der Waals surface area contributed by atoms with Gasteiger partial charge in [-0.15, -0.1) is 0 Å². The van der Waals surface area contributed by atoms with Crippen LogP contribution in [0.3, 0.4) is 0 Å². The molecule has 0 saturated heterocycles. The number of nitrogens with one attached hydrogen (secondary N) is 1. The van der Waals surface area contributed by atoms with Gasteiger partial charge in [0.2, 0.25) is 0 Å². The van der Waals surface area contributed by atoms with E-state index < -0.39 is 0 Å². The van der Waals surface area contributed by atoms with E-state index in [1.165, 1.54) is 16.6 Å². The van der Waals surface area contributed by atoms with Gasteiger partial charge in [0.25, 0.3) is 0 Å². The first-order valence-electron chi connectivity index (χ1n) is 6.02. The van der Waals surface area contributed by atoms with Crippen LogP contribution < -0.4 is 15.5 Å². The van der Waals surface area contributed by atoms with Crippen molar-refractivity contribution in [2.45, 2.75) is 32.2 Å². The number of methoxy groups -OCH3 is 1. The molecule has 0 bridgehead atoms. The summed E-state index contributed by atoms with van der Waals surface area (Å²) in [5.41, 5.74) is 4.16. The van der Waals surface area contributed by atoms with Crippen molar-refractivity contribution < 1.29 is 4.74 Å². The molecule has 0 fully saturated rings. The summed E-state index contributed by atoms with van der Waals surface area (Å²) in [5, 5.41) is 3.56. The molecule has 0 radical (unpaired) electrons. The summed E-state index contributed by atoms with van der Waals surface area (Å²) in [6, 6.07) is 5.06. The van der Waals surface area contributed by atoms with Gasteiger partial charge < -0.3 is 10.1 Å². The van der Waals surface area contributed by atoms with Crippen molar-refractivity contribution in [2.75, 3.05) is 13.7 Å². The van der Waals surface area contributed by atoms with Crippen molar-refractivity contribution in [3.8, 4) is 5.75 Å². The maximum Gasteiger partial charge on any atom is 0.144 e. The summed E-state index contributed by atoms with van der Waals surface area (Å²) in [6.45, 7) is 5.60. The summed E-state index contributed by atoms with van der Waals surface area (Å²) in [5.74, 6) is 1.60. The minimum Gasteiger partial charge on any atom is -0.497 e. The fraction of sp³-hybridized carbons (Fsp3) is 0.538. The maximum absolute atomic E-state index is 5.40. The number of ether oxygens (including phenoxy) is 1. The van der Waals surface area contributed by atoms with Gasteiger partial charge in [0.05, 0.1) is 7.11 Å². The molecule has 16 heavy (non-hydrogen) atoms. The van der Waals surface area contributed by atoms with Crippen molar-refractivity contribution in [1.82, 2.24) is 5.32 Å². The van der Waals surface area contributed by atoms with Crippen LogP contribution in [0.5, 0.6) is 5.75 Å². The van der Waals surface area contributed by atoms with Gasteiger partial charge in [-0.25, -0.2) is 0 Å². The second-order valence-electron chi connectivity index (χ2n) is 4.94. The summed E-state index contributed by atoms with van der Waals surface area (Å²) in [7, 11) is 3.87. The Hall–Kier alpha value is -0.955.